The second-order valence-electron chi connectivity index (χ2n) is 7.40. The first kappa shape index (κ1) is 19.3. The predicted molar refractivity (Wildman–Crippen MR) is 104 cm³/mol. The number of nitrogens with one attached hydrogen (secondary N) is 1. The van der Waals surface area contributed by atoms with Crippen molar-refractivity contribution in [2.45, 2.75) is 33.1 Å². The van der Waals surface area contributed by atoms with Gasteiger partial charge >= 0.3 is 5.97 Å². The molecule has 1 aliphatic heterocycles. The van der Waals surface area contributed by atoms with E-state index < -0.39 is 0 Å². The van der Waals surface area contributed by atoms with Crippen LogP contribution >= 0.6 is 11.3 Å². The van der Waals surface area contributed by atoms with Crippen LogP contribution in [0.5, 0.6) is 0 Å². The maximum Gasteiger partial charge on any atom is 0.341 e. The summed E-state index contributed by atoms with van der Waals surface area (Å²) in [5.74, 6) is 0.256. The average Bonchev–Trinajstić information content (AvgIpc) is 2.93. The first-order chi connectivity index (χ1) is 12.5. The van der Waals surface area contributed by atoms with Crippen LogP contribution in [0.1, 0.15) is 41.1 Å². The number of amides is 1. The molecule has 1 aromatic heterocycles. The summed E-state index contributed by atoms with van der Waals surface area (Å²) in [5.41, 5.74) is 1.67. The van der Waals surface area contributed by atoms with Crippen LogP contribution in [0.3, 0.4) is 0 Å². The number of esters is 1. The van der Waals surface area contributed by atoms with E-state index in [4.69, 9.17) is 4.74 Å². The molecule has 3 rings (SSSR count). The van der Waals surface area contributed by atoms with Gasteiger partial charge in [0.15, 0.2) is 0 Å². The van der Waals surface area contributed by atoms with Crippen LogP contribution in [0, 0.1) is 5.92 Å². The van der Waals surface area contributed by atoms with Gasteiger partial charge in [0, 0.05) is 31.1 Å². The lowest BCUT2D eigenvalue weighted by Gasteiger charge is -2.31. The highest BCUT2D eigenvalue weighted by Gasteiger charge is 2.29. The smallest absolute Gasteiger partial charge is 0.341 e. The van der Waals surface area contributed by atoms with Gasteiger partial charge in [0.05, 0.1) is 18.7 Å². The van der Waals surface area contributed by atoms with E-state index in [9.17, 15) is 9.59 Å². The number of nitrogens with zero attached hydrogens (tertiary/aromatic N) is 2. The number of piperazine rings is 1. The summed E-state index contributed by atoms with van der Waals surface area (Å²) in [5, 5.41) is 3.67. The quantitative estimate of drug-likeness (QED) is 0.795. The normalized spacial score (nSPS) is 21.3. The number of ether oxygens (including phenoxy) is 1. The molecule has 1 fully saturated rings. The Bertz CT molecular complexity index is 665. The Morgan fingerprint density at radius 3 is 2.69 bits per heavy atom. The van der Waals surface area contributed by atoms with Crippen molar-refractivity contribution in [3.8, 4) is 0 Å². The van der Waals surface area contributed by atoms with Gasteiger partial charge in [-0.15, -0.1) is 11.3 Å². The van der Waals surface area contributed by atoms with E-state index in [0.29, 0.717) is 29.6 Å². The molecule has 6 nitrogen and oxygen atoms in total. The molecular weight excluding hydrogens is 350 g/mol. The largest absolute Gasteiger partial charge is 0.462 e. The van der Waals surface area contributed by atoms with Crippen molar-refractivity contribution in [1.82, 2.24) is 9.80 Å². The van der Waals surface area contributed by atoms with Crippen molar-refractivity contribution in [3.63, 3.8) is 0 Å². The number of rotatable bonds is 5. The summed E-state index contributed by atoms with van der Waals surface area (Å²) < 4.78 is 5.26. The van der Waals surface area contributed by atoms with Gasteiger partial charge in [-0.1, -0.05) is 6.92 Å². The first-order valence-electron chi connectivity index (χ1n) is 9.50. The molecule has 2 heterocycles. The second kappa shape index (κ2) is 8.50. The van der Waals surface area contributed by atoms with Crippen LogP contribution in [0.25, 0.3) is 0 Å². The molecule has 0 saturated carbocycles. The third-order valence-electron chi connectivity index (χ3n) is 5.21. The molecule has 0 spiro atoms. The summed E-state index contributed by atoms with van der Waals surface area (Å²) in [7, 11) is 2.10. The highest BCUT2D eigenvalue weighted by atomic mass is 32.1. The number of anilines is 1. The number of thiophene rings is 1. The lowest BCUT2D eigenvalue weighted by molar-refractivity contribution is -0.117. The SMILES string of the molecule is CCOC(=O)c1c(NC(=O)CN2CCN(C)CC2)sc2c1CC[C@@H](C)C2. The van der Waals surface area contributed by atoms with Crippen LogP contribution in [-0.4, -0.2) is 68.1 Å². The molecule has 0 unspecified atom stereocenters. The molecular formula is C19H29N3O3S. The first-order valence-corrected chi connectivity index (χ1v) is 10.3. The van der Waals surface area contributed by atoms with Crippen molar-refractivity contribution in [1.29, 1.82) is 0 Å². The van der Waals surface area contributed by atoms with E-state index in [0.717, 1.165) is 51.0 Å². The van der Waals surface area contributed by atoms with Gasteiger partial charge in [0.25, 0.3) is 0 Å². The molecule has 1 saturated heterocycles. The van der Waals surface area contributed by atoms with Crippen LogP contribution in [-0.2, 0) is 22.4 Å². The third kappa shape index (κ3) is 4.45. The van der Waals surface area contributed by atoms with Gasteiger partial charge in [-0.25, -0.2) is 4.79 Å². The zero-order valence-corrected chi connectivity index (χ0v) is 16.8. The number of likely N-dealkylation sites (N-methyl/N-ethyl adjacent to an activating group) is 1. The predicted octanol–water partition coefficient (Wildman–Crippen LogP) is 2.24. The molecule has 1 aromatic rings. The summed E-state index contributed by atoms with van der Waals surface area (Å²) in [4.78, 5) is 30.7. The zero-order chi connectivity index (χ0) is 18.7. The lowest BCUT2D eigenvalue weighted by Crippen LogP contribution is -2.47. The molecule has 2 aliphatic rings. The molecule has 1 aliphatic carbocycles. The van der Waals surface area contributed by atoms with Crippen LogP contribution < -0.4 is 5.32 Å². The summed E-state index contributed by atoms with van der Waals surface area (Å²) >= 11 is 1.55. The van der Waals surface area contributed by atoms with Crippen molar-refractivity contribution >= 4 is 28.2 Å². The van der Waals surface area contributed by atoms with Crippen molar-refractivity contribution < 1.29 is 14.3 Å². The monoisotopic (exact) mass is 379 g/mol. The van der Waals surface area contributed by atoms with Crippen LogP contribution in [0.2, 0.25) is 0 Å². The minimum Gasteiger partial charge on any atom is -0.462 e. The summed E-state index contributed by atoms with van der Waals surface area (Å²) in [6.07, 6.45) is 2.93. The molecule has 0 radical (unpaired) electrons. The molecule has 26 heavy (non-hydrogen) atoms. The maximum absolute atomic E-state index is 12.6. The Balaban J connectivity index is 1.73. The van der Waals surface area contributed by atoms with E-state index in [-0.39, 0.29) is 11.9 Å². The summed E-state index contributed by atoms with van der Waals surface area (Å²) in [6, 6.07) is 0. The Morgan fingerprint density at radius 1 is 1.27 bits per heavy atom. The van der Waals surface area contributed by atoms with E-state index in [1.165, 1.54) is 4.88 Å². The number of hydrogen-bond donors (Lipinski definition) is 1. The van der Waals surface area contributed by atoms with Gasteiger partial charge in [-0.05, 0) is 44.7 Å². The van der Waals surface area contributed by atoms with E-state index in [1.807, 2.05) is 6.92 Å². The highest BCUT2D eigenvalue weighted by Crippen LogP contribution is 2.40. The maximum atomic E-state index is 12.6. The van der Waals surface area contributed by atoms with E-state index in [2.05, 4.69) is 29.1 Å². The van der Waals surface area contributed by atoms with E-state index in [1.54, 1.807) is 11.3 Å². The molecule has 1 amide bonds. The van der Waals surface area contributed by atoms with Crippen molar-refractivity contribution in [3.05, 3.63) is 16.0 Å². The Kier molecular flexibility index (Phi) is 6.32. The Labute approximate surface area is 159 Å². The zero-order valence-electron chi connectivity index (χ0n) is 16.0. The number of fused-ring (bicyclic) bond motifs is 1. The van der Waals surface area contributed by atoms with Gasteiger partial charge in [-0.2, -0.15) is 0 Å². The van der Waals surface area contributed by atoms with E-state index >= 15 is 0 Å². The molecule has 7 heteroatoms. The minimum atomic E-state index is -0.311. The van der Waals surface area contributed by atoms with Crippen LogP contribution in [0.15, 0.2) is 0 Å². The van der Waals surface area contributed by atoms with Gasteiger partial charge in [0.1, 0.15) is 5.00 Å². The number of carbonyl (C=O) groups is 2. The number of hydrogen-bond acceptors (Lipinski definition) is 6. The standard InChI is InChI=1S/C19H29N3O3S/c1-4-25-19(24)17-14-6-5-13(2)11-15(14)26-18(17)20-16(23)12-22-9-7-21(3)8-10-22/h13H,4-12H2,1-3H3,(H,20,23)/t13-/m1/s1. The fourth-order valence-corrected chi connectivity index (χ4v) is 5.05. The highest BCUT2D eigenvalue weighted by molar-refractivity contribution is 7.17. The van der Waals surface area contributed by atoms with Crippen molar-refractivity contribution in [2.24, 2.45) is 5.92 Å². The van der Waals surface area contributed by atoms with Gasteiger partial charge < -0.3 is 15.0 Å². The molecule has 1 atom stereocenters. The topological polar surface area (TPSA) is 61.9 Å². The third-order valence-corrected chi connectivity index (χ3v) is 6.38. The molecule has 0 aromatic carbocycles. The van der Waals surface area contributed by atoms with Gasteiger partial charge in [-0.3, -0.25) is 9.69 Å². The van der Waals surface area contributed by atoms with Gasteiger partial charge in [0.2, 0.25) is 5.91 Å². The average molecular weight is 380 g/mol. The Morgan fingerprint density at radius 2 is 2.00 bits per heavy atom. The number of carbonyl (C=O) groups excluding carboxylic acids is 2. The summed E-state index contributed by atoms with van der Waals surface area (Å²) in [6.45, 7) is 8.51. The fraction of sp³-hybridized carbons (Fsp3) is 0.684. The Hall–Kier alpha value is -1.44. The van der Waals surface area contributed by atoms with Crippen LogP contribution in [0.4, 0.5) is 5.00 Å². The molecule has 0 bridgehead atoms. The lowest BCUT2D eigenvalue weighted by atomic mass is 9.88. The minimum absolute atomic E-state index is 0.0493. The molecule has 144 valence electrons. The molecule has 1 N–H and O–H groups in total. The fourth-order valence-electron chi connectivity index (χ4n) is 3.63. The second-order valence-corrected chi connectivity index (χ2v) is 8.51. The van der Waals surface area contributed by atoms with Crippen molar-refractivity contribution in [2.75, 3.05) is 51.7 Å².